The Morgan fingerprint density at radius 3 is 2.23 bits per heavy atom. The van der Waals surface area contributed by atoms with E-state index in [1.54, 1.807) is 20.8 Å². The van der Waals surface area contributed by atoms with Crippen molar-refractivity contribution in [1.82, 2.24) is 15.5 Å². The number of nitro groups is 1. The van der Waals surface area contributed by atoms with E-state index in [0.717, 1.165) is 17.0 Å². The zero-order chi connectivity index (χ0) is 32.6. The molecule has 5 amide bonds. The highest BCUT2D eigenvalue weighted by Gasteiger charge is 2.42. The van der Waals surface area contributed by atoms with Crippen molar-refractivity contribution >= 4 is 47.1 Å². The van der Waals surface area contributed by atoms with Gasteiger partial charge in [0.25, 0.3) is 11.6 Å². The van der Waals surface area contributed by atoms with Gasteiger partial charge in [0, 0.05) is 30.8 Å². The maximum absolute atomic E-state index is 13.9. The predicted molar refractivity (Wildman–Crippen MR) is 152 cm³/mol. The number of anilines is 1. The van der Waals surface area contributed by atoms with Gasteiger partial charge in [0.05, 0.1) is 4.92 Å². The molecule has 43 heavy (non-hydrogen) atoms. The van der Waals surface area contributed by atoms with Crippen LogP contribution in [0.2, 0.25) is 0 Å². The Morgan fingerprint density at radius 1 is 1.12 bits per heavy atom. The number of nitrogens with one attached hydrogen (secondary N) is 2. The molecule has 0 bridgehead atoms. The molecule has 1 aliphatic heterocycles. The van der Waals surface area contributed by atoms with Crippen molar-refractivity contribution in [3.63, 3.8) is 0 Å². The van der Waals surface area contributed by atoms with Gasteiger partial charge in [-0.05, 0) is 66.0 Å². The van der Waals surface area contributed by atoms with Gasteiger partial charge in [-0.2, -0.15) is 0 Å². The predicted octanol–water partition coefficient (Wildman–Crippen LogP) is 1.06. The number of carboxylic acid groups (broad SMARTS) is 1. The SMILES string of the molecule is C[C@H](NC(=O)OC(C)(C)C)C(=O)N[C@@H](C)C(=O)N1CCC[C@H]1C(=O)N(c1ccc([N+](=O)[O-])cc1)[C@@H](CCC(N)=O)C(=O)O. The van der Waals surface area contributed by atoms with Gasteiger partial charge in [0.2, 0.25) is 17.7 Å². The van der Waals surface area contributed by atoms with Crippen LogP contribution in [0.15, 0.2) is 24.3 Å². The number of nitro benzene ring substituents is 1. The molecule has 2 rings (SSSR count). The highest BCUT2D eigenvalue weighted by atomic mass is 16.6. The maximum atomic E-state index is 13.9. The maximum Gasteiger partial charge on any atom is 0.408 e. The molecule has 0 aromatic heterocycles. The summed E-state index contributed by atoms with van der Waals surface area (Å²) in [4.78, 5) is 88.3. The number of rotatable bonds is 12. The largest absolute Gasteiger partial charge is 0.480 e. The summed E-state index contributed by atoms with van der Waals surface area (Å²) in [6.07, 6.45) is -0.960. The summed E-state index contributed by atoms with van der Waals surface area (Å²) in [6, 6.07) is -0.264. The van der Waals surface area contributed by atoms with Crippen molar-refractivity contribution < 1.29 is 43.5 Å². The van der Waals surface area contributed by atoms with Crippen molar-refractivity contribution in [3.05, 3.63) is 34.4 Å². The Labute approximate surface area is 248 Å². The van der Waals surface area contributed by atoms with E-state index in [1.165, 1.54) is 30.9 Å². The minimum Gasteiger partial charge on any atom is -0.480 e. The fraction of sp³-hybridized carbons (Fsp3) is 0.556. The van der Waals surface area contributed by atoms with Crippen LogP contribution < -0.4 is 21.3 Å². The molecule has 16 heteroatoms. The number of benzene rings is 1. The summed E-state index contributed by atoms with van der Waals surface area (Å²) in [5, 5.41) is 26.0. The second-order valence-corrected chi connectivity index (χ2v) is 11.1. The molecule has 5 N–H and O–H groups in total. The van der Waals surface area contributed by atoms with Gasteiger partial charge in [-0.1, -0.05) is 0 Å². The number of carboxylic acids is 1. The Kier molecular flexibility index (Phi) is 11.5. The van der Waals surface area contributed by atoms with E-state index in [1.807, 2.05) is 0 Å². The molecular formula is C27H38N6O10. The monoisotopic (exact) mass is 606 g/mol. The highest BCUT2D eigenvalue weighted by molar-refractivity contribution is 6.04. The molecule has 236 valence electrons. The van der Waals surface area contributed by atoms with E-state index in [-0.39, 0.29) is 37.2 Å². The smallest absolute Gasteiger partial charge is 0.408 e. The molecule has 0 saturated carbocycles. The van der Waals surface area contributed by atoms with Crippen molar-refractivity contribution in [2.75, 3.05) is 11.4 Å². The Bertz CT molecular complexity index is 1250. The van der Waals surface area contributed by atoms with Crippen LogP contribution in [0.5, 0.6) is 0 Å². The number of primary amides is 1. The van der Waals surface area contributed by atoms with Crippen molar-refractivity contribution in [2.24, 2.45) is 5.73 Å². The summed E-state index contributed by atoms with van der Waals surface area (Å²) < 4.78 is 5.13. The first-order valence-corrected chi connectivity index (χ1v) is 13.6. The molecule has 1 heterocycles. The zero-order valence-electron chi connectivity index (χ0n) is 24.7. The number of aliphatic carboxylic acids is 1. The molecule has 4 atom stereocenters. The molecule has 1 aromatic carbocycles. The van der Waals surface area contributed by atoms with Crippen molar-refractivity contribution in [1.29, 1.82) is 0 Å². The molecule has 0 spiro atoms. The third-order valence-electron chi connectivity index (χ3n) is 6.51. The first-order valence-electron chi connectivity index (χ1n) is 13.6. The molecular weight excluding hydrogens is 568 g/mol. The Hall–Kier alpha value is -4.76. The molecule has 0 radical (unpaired) electrons. The van der Waals surface area contributed by atoms with Crippen molar-refractivity contribution in [3.8, 4) is 0 Å². The quantitative estimate of drug-likeness (QED) is 0.195. The summed E-state index contributed by atoms with van der Waals surface area (Å²) >= 11 is 0. The number of amides is 5. The van der Waals surface area contributed by atoms with Gasteiger partial charge in [0.15, 0.2) is 0 Å². The third-order valence-corrected chi connectivity index (χ3v) is 6.51. The van der Waals surface area contributed by atoms with E-state index in [9.17, 15) is 44.0 Å². The minimum atomic E-state index is -1.57. The molecule has 0 aliphatic carbocycles. The molecule has 1 aliphatic rings. The lowest BCUT2D eigenvalue weighted by Gasteiger charge is -2.35. The van der Waals surface area contributed by atoms with Crippen LogP contribution in [0.25, 0.3) is 0 Å². The standard InChI is InChI=1S/C27H38N6O10/c1-15(30-26(40)43-27(3,4)5)22(35)29-16(2)23(36)31-14-6-7-19(31)24(37)32(20(25(38)39)12-13-21(28)34)17-8-10-18(11-9-17)33(41)42/h8-11,15-16,19-20H,6-7,12-14H2,1-5H3,(H2,28,34)(H,29,35)(H,30,40)(H,38,39)/t15-,16-,19-,20-/m0/s1. The fourth-order valence-corrected chi connectivity index (χ4v) is 4.48. The second kappa shape index (κ2) is 14.4. The van der Waals surface area contributed by atoms with Crippen LogP contribution >= 0.6 is 0 Å². The average molecular weight is 607 g/mol. The number of hydrogen-bond acceptors (Lipinski definition) is 9. The van der Waals surface area contributed by atoms with Gasteiger partial charge in [-0.25, -0.2) is 9.59 Å². The number of alkyl carbamates (subject to hydrolysis) is 1. The third kappa shape index (κ3) is 9.65. The highest BCUT2D eigenvalue weighted by Crippen LogP contribution is 2.28. The number of ether oxygens (including phenoxy) is 1. The number of carbonyl (C=O) groups is 6. The molecule has 1 aromatic rings. The normalized spacial score (nSPS) is 16.8. The first kappa shape index (κ1) is 34.4. The van der Waals surface area contributed by atoms with Gasteiger partial charge in [-0.3, -0.25) is 34.2 Å². The van der Waals surface area contributed by atoms with Gasteiger partial charge < -0.3 is 31.1 Å². The lowest BCUT2D eigenvalue weighted by molar-refractivity contribution is -0.384. The summed E-state index contributed by atoms with van der Waals surface area (Å²) in [5.41, 5.74) is 4.14. The number of nitrogens with zero attached hydrogens (tertiary/aromatic N) is 3. The number of carbonyl (C=O) groups excluding carboxylic acids is 5. The first-order chi connectivity index (χ1) is 19.9. The van der Waals surface area contributed by atoms with Crippen LogP contribution in [-0.4, -0.2) is 86.9 Å². The minimum absolute atomic E-state index is 0.00941. The number of nitrogens with two attached hydrogens (primary N) is 1. The summed E-state index contributed by atoms with van der Waals surface area (Å²) in [5.74, 6) is -4.33. The fourth-order valence-electron chi connectivity index (χ4n) is 4.48. The van der Waals surface area contributed by atoms with Gasteiger partial charge in [-0.15, -0.1) is 0 Å². The van der Waals surface area contributed by atoms with Crippen molar-refractivity contribution in [2.45, 2.75) is 90.1 Å². The van der Waals surface area contributed by atoms with E-state index in [4.69, 9.17) is 10.5 Å². The lowest BCUT2D eigenvalue weighted by Crippen LogP contribution is -2.57. The van der Waals surface area contributed by atoms with Crippen LogP contribution in [0.4, 0.5) is 16.2 Å². The summed E-state index contributed by atoms with van der Waals surface area (Å²) in [7, 11) is 0. The molecule has 16 nitrogen and oxygen atoms in total. The topological polar surface area (TPSA) is 232 Å². The second-order valence-electron chi connectivity index (χ2n) is 11.1. The van der Waals surface area contributed by atoms with Crippen LogP contribution in [0.1, 0.15) is 60.3 Å². The van der Waals surface area contributed by atoms with Crippen LogP contribution in [-0.2, 0) is 28.7 Å². The van der Waals surface area contributed by atoms with Crippen LogP contribution in [0, 0.1) is 10.1 Å². The number of likely N-dealkylation sites (tertiary alicyclic amines) is 1. The van der Waals surface area contributed by atoms with E-state index in [0.29, 0.717) is 6.42 Å². The van der Waals surface area contributed by atoms with E-state index >= 15 is 0 Å². The molecule has 1 fully saturated rings. The molecule has 0 unspecified atom stereocenters. The average Bonchev–Trinajstić information content (AvgIpc) is 3.38. The summed E-state index contributed by atoms with van der Waals surface area (Å²) in [6.45, 7) is 7.91. The van der Waals surface area contributed by atoms with Gasteiger partial charge >= 0.3 is 12.1 Å². The van der Waals surface area contributed by atoms with E-state index in [2.05, 4.69) is 10.6 Å². The number of non-ortho nitro benzene ring substituents is 1. The zero-order valence-corrected chi connectivity index (χ0v) is 24.7. The number of hydrogen-bond donors (Lipinski definition) is 4. The molecule has 1 saturated heterocycles. The Morgan fingerprint density at radius 2 is 1.72 bits per heavy atom. The van der Waals surface area contributed by atoms with Crippen LogP contribution in [0.3, 0.4) is 0 Å². The van der Waals surface area contributed by atoms with Gasteiger partial charge in [0.1, 0.15) is 29.8 Å². The lowest BCUT2D eigenvalue weighted by atomic mass is 10.0. The van der Waals surface area contributed by atoms with E-state index < -0.39 is 70.4 Å². The Balaban J connectivity index is 2.28.